The predicted molar refractivity (Wildman–Crippen MR) is 180 cm³/mol. The number of benzene rings is 3. The second-order valence-corrected chi connectivity index (χ2v) is 14.5. The lowest BCUT2D eigenvalue weighted by Gasteiger charge is -2.33. The zero-order valence-electron chi connectivity index (χ0n) is 26.3. The van der Waals surface area contributed by atoms with Crippen molar-refractivity contribution in [3.05, 3.63) is 91.0 Å². The van der Waals surface area contributed by atoms with Gasteiger partial charge < -0.3 is 13.6 Å². The molecule has 0 bridgehead atoms. The summed E-state index contributed by atoms with van der Waals surface area (Å²) in [5.41, 5.74) is 0. The molecule has 3 aliphatic rings. The average Bonchev–Trinajstić information content (AvgIpc) is 3.08. The minimum absolute atomic E-state index is 0.0572. The molecule has 9 heteroatoms. The van der Waals surface area contributed by atoms with Crippen molar-refractivity contribution in [2.45, 2.75) is 115 Å². The normalized spacial score (nSPS) is 18.5. The smallest absolute Gasteiger partial charge is 0.409 e. The van der Waals surface area contributed by atoms with Crippen LogP contribution in [0.15, 0.2) is 91.0 Å². The Morgan fingerprint density at radius 2 is 0.689 bits per heavy atom. The number of rotatable bonds is 12. The Balaban J connectivity index is 0.000000178. The molecule has 3 saturated carbocycles. The highest BCUT2D eigenvalue weighted by Gasteiger charge is 2.37. The molecule has 0 unspecified atom stereocenters. The van der Waals surface area contributed by atoms with Gasteiger partial charge in [-0.3, -0.25) is 13.6 Å². The van der Waals surface area contributed by atoms with Gasteiger partial charge in [-0.2, -0.15) is 0 Å². The maximum atomic E-state index is 13.4. The van der Waals surface area contributed by atoms with E-state index >= 15 is 0 Å². The summed E-state index contributed by atoms with van der Waals surface area (Å²) < 4.78 is 48.9. The molecule has 3 fully saturated rings. The van der Waals surface area contributed by atoms with Crippen molar-refractivity contribution in [1.82, 2.24) is 0 Å². The van der Waals surface area contributed by atoms with Gasteiger partial charge in [-0.25, -0.2) is 4.57 Å². The highest BCUT2D eigenvalue weighted by molar-refractivity contribution is 7.48. The topological polar surface area (TPSA) is 72.5 Å². The third kappa shape index (κ3) is 12.4. The van der Waals surface area contributed by atoms with Crippen molar-refractivity contribution in [3.63, 3.8) is 0 Å². The van der Waals surface area contributed by atoms with Gasteiger partial charge in [-0.1, -0.05) is 112 Å². The molecule has 244 valence electrons. The summed E-state index contributed by atoms with van der Waals surface area (Å²) in [5, 5.41) is 0. The predicted octanol–water partition coefficient (Wildman–Crippen LogP) is 11.6. The van der Waals surface area contributed by atoms with E-state index in [0.717, 1.165) is 77.0 Å². The molecule has 0 radical (unpaired) electrons. The summed E-state index contributed by atoms with van der Waals surface area (Å²) in [4.78, 5) is 0. The molecule has 45 heavy (non-hydrogen) atoms. The number of hydrogen-bond donors (Lipinski definition) is 0. The van der Waals surface area contributed by atoms with Crippen LogP contribution in [0.4, 0.5) is 0 Å². The minimum Gasteiger partial charge on any atom is -0.409 e. The molecule has 0 spiro atoms. The Hall–Kier alpha value is -2.40. The molecule has 7 nitrogen and oxygen atoms in total. The van der Waals surface area contributed by atoms with E-state index in [1.54, 1.807) is 0 Å². The third-order valence-corrected chi connectivity index (χ3v) is 11.0. The molecular weight excluding hydrogens is 606 g/mol. The van der Waals surface area contributed by atoms with Crippen LogP contribution < -0.4 is 13.6 Å². The highest BCUT2D eigenvalue weighted by atomic mass is 31.2. The summed E-state index contributed by atoms with van der Waals surface area (Å²) in [6, 6.07) is 28.5. The van der Waals surface area contributed by atoms with Crippen LogP contribution in [0.25, 0.3) is 0 Å². The van der Waals surface area contributed by atoms with Crippen molar-refractivity contribution in [3.8, 4) is 17.2 Å². The summed E-state index contributed by atoms with van der Waals surface area (Å²) in [5.74, 6) is 2.13. The maximum absolute atomic E-state index is 13.4. The van der Waals surface area contributed by atoms with Crippen LogP contribution in [-0.2, 0) is 18.1 Å². The van der Waals surface area contributed by atoms with Gasteiger partial charge in [-0.05, 0) is 74.9 Å². The third-order valence-electron chi connectivity index (χ3n) is 8.26. The molecule has 3 aliphatic carbocycles. The second-order valence-electron chi connectivity index (χ2n) is 12.0. The van der Waals surface area contributed by atoms with Crippen molar-refractivity contribution >= 4 is 16.4 Å². The first-order valence-corrected chi connectivity index (χ1v) is 19.3. The first-order chi connectivity index (χ1) is 22.1. The van der Waals surface area contributed by atoms with Crippen LogP contribution in [0, 0.1) is 0 Å². The molecule has 3 aromatic rings. The first-order valence-electron chi connectivity index (χ1n) is 16.8. The van der Waals surface area contributed by atoms with E-state index in [1.807, 2.05) is 91.0 Å². The van der Waals surface area contributed by atoms with Crippen molar-refractivity contribution < 1.29 is 31.7 Å². The highest BCUT2D eigenvalue weighted by Crippen LogP contribution is 2.56. The minimum atomic E-state index is -3.42. The van der Waals surface area contributed by atoms with E-state index in [4.69, 9.17) is 27.1 Å². The Labute approximate surface area is 270 Å². The van der Waals surface area contributed by atoms with Crippen molar-refractivity contribution in [2.75, 3.05) is 0 Å². The lowest BCUT2D eigenvalue weighted by Crippen LogP contribution is -2.24. The molecule has 0 heterocycles. The number of phosphoric ester groups is 1. The van der Waals surface area contributed by atoms with Gasteiger partial charge in [0.05, 0.1) is 18.3 Å². The van der Waals surface area contributed by atoms with Crippen LogP contribution in [0.3, 0.4) is 0 Å². The van der Waals surface area contributed by atoms with Gasteiger partial charge in [0.1, 0.15) is 17.2 Å². The standard InChI is InChI=1S/C18H33O4P.C18H15O3P/c19-23(20-16-10-4-1-5-11-16,21-17-12-6-2-7-13-17)22-18-14-8-3-9-15-18;1-4-10-16(11-5-1)19-22(20-17-12-6-2-7-13-17)21-18-14-8-3-9-15-18/h16-18H,1-15H2;1-15H. The quantitative estimate of drug-likeness (QED) is 0.180. The van der Waals surface area contributed by atoms with Gasteiger partial charge in [-0.15, -0.1) is 0 Å². The van der Waals surface area contributed by atoms with E-state index in [9.17, 15) is 4.57 Å². The molecule has 0 aliphatic heterocycles. The zero-order valence-corrected chi connectivity index (χ0v) is 28.0. The van der Waals surface area contributed by atoms with E-state index in [-0.39, 0.29) is 18.3 Å². The van der Waals surface area contributed by atoms with E-state index in [2.05, 4.69) is 0 Å². The second kappa shape index (κ2) is 18.7. The van der Waals surface area contributed by atoms with Gasteiger partial charge in [0.25, 0.3) is 0 Å². The summed E-state index contributed by atoms with van der Waals surface area (Å²) >= 11 is 0. The van der Waals surface area contributed by atoms with Crippen LogP contribution in [0.5, 0.6) is 17.2 Å². The first kappa shape index (κ1) is 33.9. The Bertz CT molecular complexity index is 1090. The number of para-hydroxylation sites is 3. The van der Waals surface area contributed by atoms with Gasteiger partial charge >= 0.3 is 16.4 Å². The zero-order chi connectivity index (χ0) is 31.0. The fraction of sp³-hybridized carbons (Fsp3) is 0.500. The fourth-order valence-electron chi connectivity index (χ4n) is 5.89. The van der Waals surface area contributed by atoms with Gasteiger partial charge in [0.2, 0.25) is 0 Å². The van der Waals surface area contributed by atoms with Crippen LogP contribution in [0.2, 0.25) is 0 Å². The molecule has 0 saturated heterocycles. The number of phosphoric acid groups is 1. The lowest BCUT2D eigenvalue weighted by molar-refractivity contribution is 0.00632. The Kier molecular flexibility index (Phi) is 14.1. The lowest BCUT2D eigenvalue weighted by atomic mass is 9.98. The van der Waals surface area contributed by atoms with Gasteiger partial charge in [0, 0.05) is 0 Å². The SMILES string of the molecule is O=P(OC1CCCCC1)(OC1CCCCC1)OC1CCCCC1.c1ccc(OP(Oc2ccccc2)Oc2ccccc2)cc1. The Morgan fingerprint density at radius 3 is 0.956 bits per heavy atom. The molecule has 6 rings (SSSR count). The van der Waals surface area contributed by atoms with Crippen LogP contribution in [0.1, 0.15) is 96.3 Å². The van der Waals surface area contributed by atoms with E-state index in [0.29, 0.717) is 17.2 Å². The molecule has 3 aromatic carbocycles. The van der Waals surface area contributed by atoms with Gasteiger partial charge in [0.15, 0.2) is 0 Å². The fourth-order valence-corrected chi connectivity index (χ4v) is 8.76. The monoisotopic (exact) mass is 654 g/mol. The molecular formula is C36H48O7P2. The van der Waals surface area contributed by atoms with Crippen molar-refractivity contribution in [2.24, 2.45) is 0 Å². The van der Waals surface area contributed by atoms with Crippen LogP contribution >= 0.6 is 16.4 Å². The number of hydrogen-bond acceptors (Lipinski definition) is 7. The molecule has 0 aromatic heterocycles. The maximum Gasteiger partial charge on any atom is 0.530 e. The molecule has 0 N–H and O–H groups in total. The average molecular weight is 655 g/mol. The van der Waals surface area contributed by atoms with Crippen LogP contribution in [-0.4, -0.2) is 18.3 Å². The van der Waals surface area contributed by atoms with E-state index < -0.39 is 16.4 Å². The summed E-state index contributed by atoms with van der Waals surface area (Å²) in [6.07, 6.45) is 16.9. The molecule has 0 amide bonds. The summed E-state index contributed by atoms with van der Waals surface area (Å²) in [6.45, 7) is 0. The largest absolute Gasteiger partial charge is 0.530 e. The Morgan fingerprint density at radius 1 is 0.422 bits per heavy atom. The van der Waals surface area contributed by atoms with E-state index in [1.165, 1.54) is 19.3 Å². The molecule has 0 atom stereocenters. The summed E-state index contributed by atoms with van der Waals surface area (Å²) in [7, 11) is -5.01. The van der Waals surface area contributed by atoms with Crippen molar-refractivity contribution in [1.29, 1.82) is 0 Å².